The van der Waals surface area contributed by atoms with Crippen LogP contribution in [-0.2, 0) is 30.1 Å². The fourth-order valence-electron chi connectivity index (χ4n) is 1.50. The fraction of sp³-hybridized carbons (Fsp3) is 1.00. The van der Waals surface area contributed by atoms with Gasteiger partial charge in [-0.05, 0) is 0 Å². The van der Waals surface area contributed by atoms with Crippen LogP contribution in [0.2, 0.25) is 0 Å². The van der Waals surface area contributed by atoms with E-state index in [4.69, 9.17) is 5.83 Å². The van der Waals surface area contributed by atoms with E-state index < -0.39 is 21.4 Å². The SMILES string of the molecule is CCNCCN[O][Zr](=[O])([NH]CCNCC)[O]NCCNCC. The van der Waals surface area contributed by atoms with E-state index in [-0.39, 0.29) is 0 Å². The first-order valence-corrected chi connectivity index (χ1v) is 12.3. The summed E-state index contributed by atoms with van der Waals surface area (Å²) in [5.41, 5.74) is 5.42. The molecule has 0 aromatic rings. The Balaban J connectivity index is 4.02. The predicted molar refractivity (Wildman–Crippen MR) is 82.5 cm³/mol. The van der Waals surface area contributed by atoms with Crippen LogP contribution in [0.1, 0.15) is 20.8 Å². The Morgan fingerprint density at radius 3 is 1.50 bits per heavy atom. The van der Waals surface area contributed by atoms with Crippen molar-refractivity contribution in [3.05, 3.63) is 0 Å². The van der Waals surface area contributed by atoms with Crippen molar-refractivity contribution in [2.45, 2.75) is 20.8 Å². The molecule has 0 heterocycles. The monoisotopic (exact) mass is 399 g/mol. The number of hydroxylamine groups is 2. The molecule has 22 heavy (non-hydrogen) atoms. The van der Waals surface area contributed by atoms with Gasteiger partial charge in [0.05, 0.1) is 0 Å². The summed E-state index contributed by atoms with van der Waals surface area (Å²) in [6.07, 6.45) is 0. The van der Waals surface area contributed by atoms with Gasteiger partial charge in [0.15, 0.2) is 0 Å². The third kappa shape index (κ3) is 14.0. The Morgan fingerprint density at radius 1 is 0.682 bits per heavy atom. The predicted octanol–water partition coefficient (Wildman–Crippen LogP) is -1.31. The molecule has 0 spiro atoms. The molecule has 0 aliphatic carbocycles. The zero-order chi connectivity index (χ0) is 16.5. The van der Waals surface area contributed by atoms with Gasteiger partial charge in [-0.15, -0.1) is 0 Å². The van der Waals surface area contributed by atoms with E-state index in [2.05, 4.69) is 30.2 Å². The van der Waals surface area contributed by atoms with Gasteiger partial charge in [0.2, 0.25) is 0 Å². The molecule has 0 aromatic heterocycles. The summed E-state index contributed by atoms with van der Waals surface area (Å²) in [5.74, 6) is 0. The summed E-state index contributed by atoms with van der Waals surface area (Å²) >= 11 is -4.54. The standard InChI is InChI=1S/2C4H11N2O.C4H11N2.O.Zr/c2*1-2-5-3-4-6-7;1-2-6-4-3-5;;/h2*5-6H,2-4H2,1H3;5-6H,2-4H2,1H3;;/q3*-1;;+3. The molecule has 0 saturated carbocycles. The topological polar surface area (TPSA) is 108 Å². The second-order valence-electron chi connectivity index (χ2n) is 4.54. The minimum absolute atomic E-state index is 0.525. The van der Waals surface area contributed by atoms with E-state index in [9.17, 15) is 2.81 Å². The summed E-state index contributed by atoms with van der Waals surface area (Å²) in [6, 6.07) is 0. The Hall–Kier alpha value is 0.363. The summed E-state index contributed by atoms with van der Waals surface area (Å²) in [5, 5.41) is 9.44. The molecule has 0 fully saturated rings. The minimum atomic E-state index is -4.54. The van der Waals surface area contributed by atoms with E-state index in [1.54, 1.807) is 0 Å². The van der Waals surface area contributed by atoms with Crippen LogP contribution in [0.5, 0.6) is 0 Å². The fourth-order valence-corrected chi connectivity index (χ4v) is 4.45. The van der Waals surface area contributed by atoms with Gasteiger partial charge >= 0.3 is 140 Å². The first-order chi connectivity index (χ1) is 10.7. The van der Waals surface area contributed by atoms with Crippen LogP contribution in [0.3, 0.4) is 0 Å². The van der Waals surface area contributed by atoms with Gasteiger partial charge in [0, 0.05) is 0 Å². The molecule has 0 unspecified atom stereocenters. The molecule has 10 heteroatoms. The summed E-state index contributed by atoms with van der Waals surface area (Å²) < 4.78 is 26.1. The van der Waals surface area contributed by atoms with E-state index in [0.717, 1.165) is 32.7 Å². The van der Waals surface area contributed by atoms with Crippen LogP contribution in [0.4, 0.5) is 0 Å². The number of hydrogen-bond acceptors (Lipinski definition) is 8. The van der Waals surface area contributed by atoms with Crippen LogP contribution in [0.15, 0.2) is 0 Å². The number of likely N-dealkylation sites (N-methyl/N-ethyl adjacent to an activating group) is 3. The van der Waals surface area contributed by atoms with Crippen LogP contribution in [-0.4, -0.2) is 58.9 Å². The second-order valence-corrected chi connectivity index (χ2v) is 9.14. The zero-order valence-electron chi connectivity index (χ0n) is 14.1. The Morgan fingerprint density at radius 2 is 1.09 bits per heavy atom. The van der Waals surface area contributed by atoms with Crippen molar-refractivity contribution in [2.75, 3.05) is 58.9 Å². The molecule has 0 aliphatic rings. The molecule has 0 amide bonds. The van der Waals surface area contributed by atoms with Crippen molar-refractivity contribution in [3.8, 4) is 0 Å². The average Bonchev–Trinajstić information content (AvgIpc) is 2.51. The quantitative estimate of drug-likeness (QED) is 0.131. The van der Waals surface area contributed by atoms with E-state index >= 15 is 0 Å². The molecule has 0 radical (unpaired) electrons. The van der Waals surface area contributed by atoms with Crippen molar-refractivity contribution in [1.82, 2.24) is 30.2 Å². The van der Waals surface area contributed by atoms with Crippen molar-refractivity contribution in [3.63, 3.8) is 0 Å². The molecule has 0 bridgehead atoms. The van der Waals surface area contributed by atoms with Gasteiger partial charge < -0.3 is 0 Å². The van der Waals surface area contributed by atoms with Gasteiger partial charge in [-0.25, -0.2) is 0 Å². The molecule has 133 valence electrons. The van der Waals surface area contributed by atoms with E-state index in [1.165, 1.54) is 0 Å². The molecule has 0 aromatic carbocycles. The second kappa shape index (κ2) is 16.2. The van der Waals surface area contributed by atoms with E-state index in [0.29, 0.717) is 26.2 Å². The molecule has 0 rings (SSSR count). The molecule has 6 N–H and O–H groups in total. The molecule has 0 aliphatic heterocycles. The van der Waals surface area contributed by atoms with Gasteiger partial charge in [-0.1, -0.05) is 0 Å². The van der Waals surface area contributed by atoms with Crippen molar-refractivity contribution < 1.29 is 30.1 Å². The van der Waals surface area contributed by atoms with Gasteiger partial charge in [-0.2, -0.15) is 0 Å². The van der Waals surface area contributed by atoms with Crippen LogP contribution in [0, 0.1) is 0 Å². The maximum absolute atomic E-state index is 12.6. The Kier molecular flexibility index (Phi) is 16.5. The third-order valence-electron chi connectivity index (χ3n) is 2.61. The first kappa shape index (κ1) is 22.4. The molecular formula is C12H33N6O3Zr. The number of hydrogen-bond donors (Lipinski definition) is 6. The summed E-state index contributed by atoms with van der Waals surface area (Å²) in [4.78, 5) is 0. The van der Waals surface area contributed by atoms with Crippen molar-refractivity contribution in [2.24, 2.45) is 0 Å². The number of rotatable bonds is 17. The normalized spacial score (nSPS) is 12.0. The van der Waals surface area contributed by atoms with Crippen molar-refractivity contribution >= 4 is 0 Å². The molecule has 0 saturated heterocycles. The average molecular weight is 401 g/mol. The van der Waals surface area contributed by atoms with Crippen molar-refractivity contribution in [1.29, 1.82) is 0 Å². The third-order valence-corrected chi connectivity index (χ3v) is 6.32. The zero-order valence-corrected chi connectivity index (χ0v) is 16.5. The van der Waals surface area contributed by atoms with Gasteiger partial charge in [0.1, 0.15) is 0 Å². The molecular weight excluding hydrogens is 367 g/mol. The summed E-state index contributed by atoms with van der Waals surface area (Å²) in [7, 11) is 0. The van der Waals surface area contributed by atoms with Crippen LogP contribution < -0.4 is 30.2 Å². The van der Waals surface area contributed by atoms with E-state index in [1.807, 2.05) is 20.8 Å². The first-order valence-electron chi connectivity index (χ1n) is 8.07. The van der Waals surface area contributed by atoms with Crippen LogP contribution in [0.25, 0.3) is 0 Å². The summed E-state index contributed by atoms with van der Waals surface area (Å²) in [6.45, 7) is 12.5. The molecule has 9 nitrogen and oxygen atoms in total. The Labute approximate surface area is 140 Å². The van der Waals surface area contributed by atoms with Gasteiger partial charge in [-0.3, -0.25) is 0 Å². The van der Waals surface area contributed by atoms with Crippen LogP contribution >= 0.6 is 0 Å². The molecule has 0 atom stereocenters. The Bertz CT molecular complexity index is 268. The van der Waals surface area contributed by atoms with Gasteiger partial charge in [0.25, 0.3) is 0 Å². The number of nitrogens with one attached hydrogen (secondary N) is 6. The maximum atomic E-state index is 12.6.